The zero-order valence-electron chi connectivity index (χ0n) is 6.56. The largest absolute Gasteiger partial charge is 0.362 e. The van der Waals surface area contributed by atoms with E-state index in [9.17, 15) is 9.90 Å². The predicted octanol–water partition coefficient (Wildman–Crippen LogP) is 0.983. The Labute approximate surface area is 73.8 Å². The second kappa shape index (κ2) is 4.30. The van der Waals surface area contributed by atoms with E-state index in [-0.39, 0.29) is 0 Å². The highest BCUT2D eigenvalue weighted by molar-refractivity contribution is 7.13. The Morgan fingerprint density at radius 1 is 1.92 bits per heavy atom. The summed E-state index contributed by atoms with van der Waals surface area (Å²) in [5.74, 6) is 0. The molecule has 66 valence electrons. The molecule has 1 rings (SSSR count). The number of rotatable bonds is 4. The van der Waals surface area contributed by atoms with Crippen LogP contribution in [0.25, 0.3) is 0 Å². The van der Waals surface area contributed by atoms with Crippen molar-refractivity contribution in [3.8, 4) is 0 Å². The normalized spacial score (nSPS) is 12.8. The van der Waals surface area contributed by atoms with Crippen molar-refractivity contribution in [2.45, 2.75) is 13.2 Å². The van der Waals surface area contributed by atoms with E-state index < -0.39 is 6.29 Å². The summed E-state index contributed by atoms with van der Waals surface area (Å²) in [5, 5.41) is 9.65. The van der Waals surface area contributed by atoms with Crippen LogP contribution < -0.4 is 0 Å². The molecule has 0 bridgehead atoms. The van der Waals surface area contributed by atoms with Gasteiger partial charge in [-0.1, -0.05) is 0 Å². The molecule has 1 unspecified atom stereocenters. The predicted molar refractivity (Wildman–Crippen MR) is 44.1 cm³/mol. The zero-order valence-corrected chi connectivity index (χ0v) is 7.37. The lowest BCUT2D eigenvalue weighted by molar-refractivity contribution is -0.0980. The summed E-state index contributed by atoms with van der Waals surface area (Å²) in [6, 6.07) is 0. The minimum Gasteiger partial charge on any atom is -0.362 e. The number of ether oxygens (including phenoxy) is 1. The topological polar surface area (TPSA) is 59.4 Å². The molecule has 0 aliphatic heterocycles. The maximum atomic E-state index is 10.2. The van der Waals surface area contributed by atoms with Gasteiger partial charge in [0, 0.05) is 12.8 Å². The Kier molecular flexibility index (Phi) is 3.33. The van der Waals surface area contributed by atoms with Crippen LogP contribution in [-0.4, -0.2) is 23.0 Å². The van der Waals surface area contributed by atoms with Crippen molar-refractivity contribution in [1.29, 1.82) is 0 Å². The van der Waals surface area contributed by atoms with E-state index in [1.165, 1.54) is 6.20 Å². The second-order valence-electron chi connectivity index (χ2n) is 2.03. The molecule has 12 heavy (non-hydrogen) atoms. The van der Waals surface area contributed by atoms with Gasteiger partial charge in [0.2, 0.25) is 6.29 Å². The van der Waals surface area contributed by atoms with Crippen molar-refractivity contribution < 1.29 is 14.6 Å². The summed E-state index contributed by atoms with van der Waals surface area (Å²) in [6.07, 6.45) is 1.10. The summed E-state index contributed by atoms with van der Waals surface area (Å²) < 4.78 is 4.87. The SMILES string of the molecule is CCOC(O)c1ncc(C=O)s1. The number of carbonyl (C=O) groups is 1. The van der Waals surface area contributed by atoms with Crippen LogP contribution in [0.5, 0.6) is 0 Å². The molecule has 0 aliphatic carbocycles. The van der Waals surface area contributed by atoms with E-state index in [0.717, 1.165) is 11.3 Å². The fourth-order valence-electron chi connectivity index (χ4n) is 0.699. The molecule has 1 N–H and O–H groups in total. The molecule has 1 aromatic heterocycles. The Morgan fingerprint density at radius 2 is 2.67 bits per heavy atom. The number of aromatic nitrogens is 1. The Hall–Kier alpha value is -0.780. The van der Waals surface area contributed by atoms with E-state index in [1.54, 1.807) is 6.92 Å². The monoisotopic (exact) mass is 187 g/mol. The Bertz CT molecular complexity index is 261. The molecule has 0 aromatic carbocycles. The first kappa shape index (κ1) is 9.31. The third kappa shape index (κ3) is 2.10. The number of aldehydes is 1. The van der Waals surface area contributed by atoms with Crippen molar-refractivity contribution >= 4 is 17.6 Å². The lowest BCUT2D eigenvalue weighted by Gasteiger charge is -2.05. The summed E-state index contributed by atoms with van der Waals surface area (Å²) in [6.45, 7) is 2.19. The molecular weight excluding hydrogens is 178 g/mol. The minimum atomic E-state index is -1.01. The third-order valence-corrected chi connectivity index (χ3v) is 2.15. The van der Waals surface area contributed by atoms with Crippen molar-refractivity contribution in [2.24, 2.45) is 0 Å². The van der Waals surface area contributed by atoms with E-state index >= 15 is 0 Å². The number of nitrogens with zero attached hydrogens (tertiary/aromatic N) is 1. The highest BCUT2D eigenvalue weighted by Gasteiger charge is 2.11. The van der Waals surface area contributed by atoms with Crippen molar-refractivity contribution in [1.82, 2.24) is 4.98 Å². The van der Waals surface area contributed by atoms with Gasteiger partial charge in [-0.05, 0) is 6.92 Å². The lowest BCUT2D eigenvalue weighted by Crippen LogP contribution is -2.01. The van der Waals surface area contributed by atoms with Gasteiger partial charge in [-0.15, -0.1) is 11.3 Å². The van der Waals surface area contributed by atoms with Crippen LogP contribution in [-0.2, 0) is 4.74 Å². The molecule has 1 aromatic rings. The number of hydrogen-bond donors (Lipinski definition) is 1. The van der Waals surface area contributed by atoms with Crippen LogP contribution in [0.2, 0.25) is 0 Å². The Balaban J connectivity index is 2.67. The van der Waals surface area contributed by atoms with Gasteiger partial charge in [0.25, 0.3) is 0 Å². The smallest absolute Gasteiger partial charge is 0.208 e. The Morgan fingerprint density at radius 3 is 3.17 bits per heavy atom. The van der Waals surface area contributed by atoms with E-state index in [2.05, 4.69) is 4.98 Å². The molecular formula is C7H9NO3S. The quantitative estimate of drug-likeness (QED) is 0.564. The van der Waals surface area contributed by atoms with Crippen molar-refractivity contribution in [3.63, 3.8) is 0 Å². The van der Waals surface area contributed by atoms with Gasteiger partial charge >= 0.3 is 0 Å². The molecule has 0 radical (unpaired) electrons. The molecule has 1 heterocycles. The number of thiazole rings is 1. The van der Waals surface area contributed by atoms with Gasteiger partial charge in [-0.25, -0.2) is 4.98 Å². The van der Waals surface area contributed by atoms with E-state index in [4.69, 9.17) is 4.74 Å². The fraction of sp³-hybridized carbons (Fsp3) is 0.429. The lowest BCUT2D eigenvalue weighted by atomic mass is 10.6. The first-order valence-corrected chi connectivity index (χ1v) is 4.30. The van der Waals surface area contributed by atoms with Crippen LogP contribution >= 0.6 is 11.3 Å². The van der Waals surface area contributed by atoms with Crippen molar-refractivity contribution in [3.05, 3.63) is 16.1 Å². The molecule has 0 aliphatic rings. The summed E-state index contributed by atoms with van der Waals surface area (Å²) >= 11 is 1.13. The first-order valence-electron chi connectivity index (χ1n) is 3.48. The van der Waals surface area contributed by atoms with Gasteiger partial charge in [0.05, 0.1) is 4.88 Å². The first-order chi connectivity index (χ1) is 5.77. The second-order valence-corrected chi connectivity index (χ2v) is 3.12. The van der Waals surface area contributed by atoms with Gasteiger partial charge in [0.1, 0.15) is 5.01 Å². The summed E-state index contributed by atoms with van der Waals surface area (Å²) in [5.41, 5.74) is 0. The number of carbonyl (C=O) groups excluding carboxylic acids is 1. The van der Waals surface area contributed by atoms with Crippen LogP contribution in [0.4, 0.5) is 0 Å². The van der Waals surface area contributed by atoms with E-state index in [0.29, 0.717) is 22.8 Å². The summed E-state index contributed by atoms with van der Waals surface area (Å²) in [4.78, 5) is 14.6. The molecule has 0 fully saturated rings. The van der Waals surface area contributed by atoms with Crippen LogP contribution in [0.3, 0.4) is 0 Å². The minimum absolute atomic E-state index is 0.414. The van der Waals surface area contributed by atoms with Crippen LogP contribution in [0.15, 0.2) is 6.20 Å². The molecule has 5 heteroatoms. The van der Waals surface area contributed by atoms with Gasteiger partial charge < -0.3 is 9.84 Å². The zero-order chi connectivity index (χ0) is 8.97. The molecule has 0 spiro atoms. The number of aliphatic hydroxyl groups excluding tert-OH is 1. The fourth-order valence-corrected chi connectivity index (χ4v) is 1.37. The standard InChI is InChI=1S/C7H9NO3S/c1-2-11-7(10)6-8-3-5(4-9)12-6/h3-4,7,10H,2H2,1H3. The third-order valence-electron chi connectivity index (χ3n) is 1.19. The number of aliphatic hydroxyl groups is 1. The average Bonchev–Trinajstić information content (AvgIpc) is 2.52. The molecule has 4 nitrogen and oxygen atoms in total. The van der Waals surface area contributed by atoms with Crippen LogP contribution in [0, 0.1) is 0 Å². The molecule has 1 atom stereocenters. The molecule has 0 saturated carbocycles. The highest BCUT2D eigenvalue weighted by atomic mass is 32.1. The maximum absolute atomic E-state index is 10.2. The van der Waals surface area contributed by atoms with Gasteiger partial charge in [-0.3, -0.25) is 4.79 Å². The van der Waals surface area contributed by atoms with E-state index in [1.807, 2.05) is 0 Å². The highest BCUT2D eigenvalue weighted by Crippen LogP contribution is 2.19. The van der Waals surface area contributed by atoms with Gasteiger partial charge in [0.15, 0.2) is 6.29 Å². The maximum Gasteiger partial charge on any atom is 0.208 e. The summed E-state index contributed by atoms with van der Waals surface area (Å²) in [7, 11) is 0. The molecule has 0 amide bonds. The van der Waals surface area contributed by atoms with Gasteiger partial charge in [-0.2, -0.15) is 0 Å². The van der Waals surface area contributed by atoms with Crippen molar-refractivity contribution in [2.75, 3.05) is 6.61 Å². The van der Waals surface area contributed by atoms with Crippen LogP contribution in [0.1, 0.15) is 27.9 Å². The molecule has 0 saturated heterocycles. The average molecular weight is 187 g/mol. The number of hydrogen-bond acceptors (Lipinski definition) is 5.